The van der Waals surface area contributed by atoms with E-state index in [0.717, 1.165) is 36.6 Å². The number of sulfone groups is 1. The number of piperazine rings is 1. The first-order valence-electron chi connectivity index (χ1n) is 6.06. The molecule has 8 heteroatoms. The van der Waals surface area contributed by atoms with Crippen LogP contribution in [0.2, 0.25) is 0 Å². The Hall–Kier alpha value is -0.730. The van der Waals surface area contributed by atoms with Crippen molar-refractivity contribution >= 4 is 31.7 Å². The molecule has 1 aromatic rings. The second-order valence-electron chi connectivity index (χ2n) is 4.66. The van der Waals surface area contributed by atoms with E-state index in [1.54, 1.807) is 12.4 Å². The topological polar surface area (TPSA) is 66.4 Å². The van der Waals surface area contributed by atoms with E-state index in [2.05, 4.69) is 35.7 Å². The lowest BCUT2D eigenvalue weighted by atomic mass is 10.3. The Bertz CT molecular complexity index is 512. The van der Waals surface area contributed by atoms with Gasteiger partial charge in [0.15, 0.2) is 0 Å². The van der Waals surface area contributed by atoms with Gasteiger partial charge in [-0.25, -0.2) is 18.4 Å². The Balaban J connectivity index is 1.84. The zero-order chi connectivity index (χ0) is 13.9. The summed E-state index contributed by atoms with van der Waals surface area (Å²) in [7, 11) is -2.88. The first-order valence-corrected chi connectivity index (χ1v) is 8.92. The minimum absolute atomic E-state index is 0.224. The lowest BCUT2D eigenvalue weighted by molar-refractivity contribution is 0.270. The molecule has 0 spiro atoms. The Morgan fingerprint density at radius 2 is 1.79 bits per heavy atom. The van der Waals surface area contributed by atoms with Gasteiger partial charge in [0.2, 0.25) is 5.95 Å². The van der Waals surface area contributed by atoms with Crippen LogP contribution in [0.1, 0.15) is 0 Å². The van der Waals surface area contributed by atoms with Gasteiger partial charge in [0.25, 0.3) is 0 Å². The van der Waals surface area contributed by atoms with Crippen LogP contribution in [0.5, 0.6) is 0 Å². The first-order chi connectivity index (χ1) is 8.94. The Labute approximate surface area is 121 Å². The lowest BCUT2D eigenvalue weighted by Crippen LogP contribution is -2.48. The summed E-state index contributed by atoms with van der Waals surface area (Å²) in [5.41, 5.74) is 0. The van der Waals surface area contributed by atoms with E-state index < -0.39 is 9.84 Å². The molecule has 1 aliphatic rings. The molecule has 0 atom stereocenters. The molecule has 0 bridgehead atoms. The summed E-state index contributed by atoms with van der Waals surface area (Å²) in [6.45, 7) is 3.94. The highest BCUT2D eigenvalue weighted by Crippen LogP contribution is 2.13. The first kappa shape index (κ1) is 14.7. The maximum Gasteiger partial charge on any atom is 0.225 e. The van der Waals surface area contributed by atoms with Gasteiger partial charge in [-0.3, -0.25) is 4.90 Å². The monoisotopic (exact) mass is 348 g/mol. The van der Waals surface area contributed by atoms with Crippen LogP contribution in [0.25, 0.3) is 0 Å². The number of rotatable bonds is 4. The molecule has 2 rings (SSSR count). The number of aromatic nitrogens is 2. The quantitative estimate of drug-likeness (QED) is 0.784. The van der Waals surface area contributed by atoms with E-state index in [0.29, 0.717) is 6.54 Å². The molecule has 6 nitrogen and oxygen atoms in total. The average Bonchev–Trinajstić information content (AvgIpc) is 2.37. The lowest BCUT2D eigenvalue weighted by Gasteiger charge is -2.34. The highest BCUT2D eigenvalue weighted by atomic mass is 79.9. The van der Waals surface area contributed by atoms with Gasteiger partial charge in [-0.05, 0) is 15.9 Å². The molecule has 2 heterocycles. The maximum atomic E-state index is 11.1. The summed E-state index contributed by atoms with van der Waals surface area (Å²) >= 11 is 3.31. The largest absolute Gasteiger partial charge is 0.338 e. The van der Waals surface area contributed by atoms with Gasteiger partial charge in [0.1, 0.15) is 9.84 Å². The van der Waals surface area contributed by atoms with Crippen LogP contribution in [-0.4, -0.2) is 68.0 Å². The maximum absolute atomic E-state index is 11.1. The standard InChI is InChI=1S/C11H17BrN4O2S/c1-19(17,18)7-6-15-2-4-16(5-3-15)11-13-8-10(12)9-14-11/h8-9H,2-7H2,1H3. The molecule has 0 radical (unpaired) electrons. The van der Waals surface area contributed by atoms with E-state index in [9.17, 15) is 8.42 Å². The number of hydrogen-bond donors (Lipinski definition) is 0. The van der Waals surface area contributed by atoms with Gasteiger partial charge < -0.3 is 4.90 Å². The Kier molecular flexibility index (Phi) is 4.75. The van der Waals surface area contributed by atoms with Crippen molar-refractivity contribution in [2.45, 2.75) is 0 Å². The fourth-order valence-electron chi connectivity index (χ4n) is 1.94. The summed E-state index contributed by atoms with van der Waals surface area (Å²) in [6.07, 6.45) is 4.75. The third-order valence-corrected chi connectivity index (χ3v) is 4.37. The summed E-state index contributed by atoms with van der Waals surface area (Å²) in [4.78, 5) is 12.8. The van der Waals surface area contributed by atoms with Crippen molar-refractivity contribution in [3.05, 3.63) is 16.9 Å². The second-order valence-corrected chi connectivity index (χ2v) is 7.84. The number of hydrogen-bond acceptors (Lipinski definition) is 6. The average molecular weight is 349 g/mol. The summed E-state index contributed by atoms with van der Waals surface area (Å²) in [6, 6.07) is 0. The Morgan fingerprint density at radius 1 is 1.21 bits per heavy atom. The van der Waals surface area contributed by atoms with Crippen LogP contribution >= 0.6 is 15.9 Å². The second kappa shape index (κ2) is 6.15. The van der Waals surface area contributed by atoms with Crippen molar-refractivity contribution in [3.8, 4) is 0 Å². The highest BCUT2D eigenvalue weighted by molar-refractivity contribution is 9.10. The highest BCUT2D eigenvalue weighted by Gasteiger charge is 2.19. The zero-order valence-electron chi connectivity index (χ0n) is 10.8. The third kappa shape index (κ3) is 4.70. The van der Waals surface area contributed by atoms with E-state index >= 15 is 0 Å². The van der Waals surface area contributed by atoms with E-state index in [1.807, 2.05) is 0 Å². The summed E-state index contributed by atoms with van der Waals surface area (Å²) in [5, 5.41) is 0. The molecule has 0 aromatic carbocycles. The van der Waals surface area contributed by atoms with Gasteiger partial charge in [-0.2, -0.15) is 0 Å². The van der Waals surface area contributed by atoms with Crippen LogP contribution in [0.15, 0.2) is 16.9 Å². The van der Waals surface area contributed by atoms with Crippen LogP contribution in [0.3, 0.4) is 0 Å². The zero-order valence-corrected chi connectivity index (χ0v) is 13.2. The summed E-state index contributed by atoms with van der Waals surface area (Å²) < 4.78 is 23.1. The third-order valence-electron chi connectivity index (χ3n) is 3.04. The van der Waals surface area contributed by atoms with Crippen molar-refractivity contribution in [2.75, 3.05) is 49.6 Å². The van der Waals surface area contributed by atoms with Crippen molar-refractivity contribution in [3.63, 3.8) is 0 Å². The molecule has 0 aliphatic carbocycles. The predicted octanol–water partition coefficient (Wildman–Crippen LogP) is 0.406. The molecule has 0 unspecified atom stereocenters. The van der Waals surface area contributed by atoms with Gasteiger partial charge in [0.05, 0.1) is 10.2 Å². The molecule has 106 valence electrons. The van der Waals surface area contributed by atoms with Gasteiger partial charge in [-0.15, -0.1) is 0 Å². The van der Waals surface area contributed by atoms with Crippen LogP contribution in [0, 0.1) is 0 Å². The van der Waals surface area contributed by atoms with Crippen LogP contribution in [0.4, 0.5) is 5.95 Å². The normalized spacial score (nSPS) is 17.7. The molecule has 19 heavy (non-hydrogen) atoms. The van der Waals surface area contributed by atoms with E-state index in [-0.39, 0.29) is 5.75 Å². The van der Waals surface area contributed by atoms with Crippen LogP contribution < -0.4 is 4.90 Å². The van der Waals surface area contributed by atoms with Gasteiger partial charge in [0, 0.05) is 51.4 Å². The van der Waals surface area contributed by atoms with Crippen molar-refractivity contribution < 1.29 is 8.42 Å². The molecular weight excluding hydrogens is 332 g/mol. The molecule has 0 saturated carbocycles. The molecule has 0 N–H and O–H groups in total. The molecule has 1 aromatic heterocycles. The molecular formula is C11H17BrN4O2S. The molecule has 1 fully saturated rings. The van der Waals surface area contributed by atoms with Crippen LogP contribution in [-0.2, 0) is 9.84 Å². The van der Waals surface area contributed by atoms with Crippen molar-refractivity contribution in [2.24, 2.45) is 0 Å². The van der Waals surface area contributed by atoms with Crippen molar-refractivity contribution in [1.82, 2.24) is 14.9 Å². The number of nitrogens with zero attached hydrogens (tertiary/aromatic N) is 4. The minimum Gasteiger partial charge on any atom is -0.338 e. The molecule has 1 aliphatic heterocycles. The Morgan fingerprint density at radius 3 is 2.32 bits per heavy atom. The number of halogens is 1. The fourth-order valence-corrected chi connectivity index (χ4v) is 2.73. The SMILES string of the molecule is CS(=O)(=O)CCN1CCN(c2ncc(Br)cn2)CC1. The fraction of sp³-hybridized carbons (Fsp3) is 0.636. The molecule has 1 saturated heterocycles. The summed E-state index contributed by atoms with van der Waals surface area (Å²) in [5.74, 6) is 0.952. The number of anilines is 1. The predicted molar refractivity (Wildman–Crippen MR) is 78.1 cm³/mol. The van der Waals surface area contributed by atoms with Gasteiger partial charge in [-0.1, -0.05) is 0 Å². The van der Waals surface area contributed by atoms with Crippen molar-refractivity contribution in [1.29, 1.82) is 0 Å². The van der Waals surface area contributed by atoms with E-state index in [1.165, 1.54) is 6.26 Å². The smallest absolute Gasteiger partial charge is 0.225 e. The van der Waals surface area contributed by atoms with Gasteiger partial charge >= 0.3 is 0 Å². The molecule has 0 amide bonds. The minimum atomic E-state index is -2.88. The van der Waals surface area contributed by atoms with E-state index in [4.69, 9.17) is 0 Å².